The number of carboxylic acid groups (broad SMARTS) is 1. The predicted octanol–water partition coefficient (Wildman–Crippen LogP) is 7.65. The minimum absolute atomic E-state index is 0.564. The number of aliphatic carboxylic acids is 1. The molecule has 0 radical (unpaired) electrons. The summed E-state index contributed by atoms with van der Waals surface area (Å²) in [5.74, 6) is 2.14. The van der Waals surface area contributed by atoms with Crippen molar-refractivity contribution < 1.29 is 19.4 Å². The number of hydrogen-bond donors (Lipinski definition) is 1. The Labute approximate surface area is 243 Å². The first-order chi connectivity index (χ1) is 19.4. The Hall–Kier alpha value is -3.45. The van der Waals surface area contributed by atoms with Crippen LogP contribution in [0.3, 0.4) is 0 Å². The summed E-state index contributed by atoms with van der Waals surface area (Å²) < 4.78 is 11.2. The van der Waals surface area contributed by atoms with Crippen LogP contribution in [0, 0.1) is 0 Å². The molecular weight excluding hydrogens is 520 g/mol. The van der Waals surface area contributed by atoms with Crippen LogP contribution in [0.5, 0.6) is 11.5 Å². The van der Waals surface area contributed by atoms with Gasteiger partial charge in [0.1, 0.15) is 17.2 Å². The Bertz CT molecular complexity index is 1210. The third-order valence-electron chi connectivity index (χ3n) is 6.55. The second-order valence-electron chi connectivity index (χ2n) is 9.98. The first-order valence-electron chi connectivity index (χ1n) is 14.0. The Morgan fingerprint density at radius 3 is 2.40 bits per heavy atom. The summed E-state index contributed by atoms with van der Waals surface area (Å²) in [7, 11) is 5.77. The SMILES string of the molecule is COc1ccc(CCCCCCCCOc2ccc(CSCc3cccc(N(C)C)c3)nc2C=CC(=O)O)cc1. The van der Waals surface area contributed by atoms with Crippen LogP contribution in [0.4, 0.5) is 5.69 Å². The van der Waals surface area contributed by atoms with Gasteiger partial charge in [-0.15, -0.1) is 0 Å². The van der Waals surface area contributed by atoms with Crippen molar-refractivity contribution >= 4 is 29.5 Å². The van der Waals surface area contributed by atoms with Crippen LogP contribution >= 0.6 is 11.8 Å². The van der Waals surface area contributed by atoms with E-state index in [0.717, 1.165) is 48.3 Å². The van der Waals surface area contributed by atoms with Gasteiger partial charge in [0, 0.05) is 37.4 Å². The third kappa shape index (κ3) is 11.3. The molecule has 0 atom stereocenters. The van der Waals surface area contributed by atoms with E-state index in [4.69, 9.17) is 19.6 Å². The number of nitrogens with zero attached hydrogens (tertiary/aromatic N) is 2. The fourth-order valence-corrected chi connectivity index (χ4v) is 5.17. The molecule has 0 saturated carbocycles. The van der Waals surface area contributed by atoms with Crippen LogP contribution in [0.15, 0.2) is 66.7 Å². The largest absolute Gasteiger partial charge is 0.497 e. The maximum Gasteiger partial charge on any atom is 0.328 e. The van der Waals surface area contributed by atoms with Gasteiger partial charge in [0.15, 0.2) is 0 Å². The number of carbonyl (C=O) groups is 1. The number of aromatic nitrogens is 1. The number of thioether (sulfide) groups is 1. The number of rotatable bonds is 18. The van der Waals surface area contributed by atoms with Gasteiger partial charge in [0.25, 0.3) is 0 Å². The van der Waals surface area contributed by atoms with Crippen molar-refractivity contribution in [1.29, 1.82) is 0 Å². The number of ether oxygens (including phenoxy) is 2. The van der Waals surface area contributed by atoms with E-state index in [9.17, 15) is 4.79 Å². The molecule has 0 saturated heterocycles. The highest BCUT2D eigenvalue weighted by molar-refractivity contribution is 7.97. The molecule has 1 aromatic heterocycles. The van der Waals surface area contributed by atoms with E-state index in [1.807, 2.05) is 38.4 Å². The van der Waals surface area contributed by atoms with Gasteiger partial charge < -0.3 is 19.5 Å². The summed E-state index contributed by atoms with van der Waals surface area (Å²) >= 11 is 1.78. The van der Waals surface area contributed by atoms with E-state index in [0.29, 0.717) is 18.1 Å². The molecular formula is C33H42N2O4S. The van der Waals surface area contributed by atoms with Crippen LogP contribution in [0.25, 0.3) is 6.08 Å². The second-order valence-corrected chi connectivity index (χ2v) is 11.0. The lowest BCUT2D eigenvalue weighted by atomic mass is 10.0. The molecule has 0 fully saturated rings. The lowest BCUT2D eigenvalue weighted by molar-refractivity contribution is -0.131. The molecule has 0 unspecified atom stereocenters. The van der Waals surface area contributed by atoms with Crippen molar-refractivity contribution in [3.63, 3.8) is 0 Å². The van der Waals surface area contributed by atoms with Crippen LogP contribution in [0.2, 0.25) is 0 Å². The van der Waals surface area contributed by atoms with Gasteiger partial charge >= 0.3 is 5.97 Å². The number of anilines is 1. The number of pyridine rings is 1. The average Bonchev–Trinajstić information content (AvgIpc) is 2.96. The van der Waals surface area contributed by atoms with Gasteiger partial charge in [-0.3, -0.25) is 0 Å². The van der Waals surface area contributed by atoms with Crippen molar-refractivity contribution in [3.05, 3.63) is 89.3 Å². The van der Waals surface area contributed by atoms with Gasteiger partial charge in [-0.25, -0.2) is 9.78 Å². The fourth-order valence-electron chi connectivity index (χ4n) is 4.29. The maximum atomic E-state index is 11.1. The summed E-state index contributed by atoms with van der Waals surface area (Å²) in [4.78, 5) is 17.9. The first kappa shape index (κ1) is 31.1. The van der Waals surface area contributed by atoms with Crippen molar-refractivity contribution in [2.45, 2.75) is 56.5 Å². The predicted molar refractivity (Wildman–Crippen MR) is 167 cm³/mol. The van der Waals surface area contributed by atoms with Crippen molar-refractivity contribution in [3.8, 4) is 11.5 Å². The lowest BCUT2D eigenvalue weighted by Crippen LogP contribution is -2.08. The normalized spacial score (nSPS) is 11.1. The smallest absolute Gasteiger partial charge is 0.328 e. The number of carboxylic acids is 1. The van der Waals surface area contributed by atoms with E-state index >= 15 is 0 Å². The van der Waals surface area contributed by atoms with Crippen LogP contribution in [0.1, 0.15) is 61.0 Å². The van der Waals surface area contributed by atoms with E-state index in [-0.39, 0.29) is 0 Å². The summed E-state index contributed by atoms with van der Waals surface area (Å²) in [6, 6.07) is 20.7. The van der Waals surface area contributed by atoms with Gasteiger partial charge in [-0.1, -0.05) is 49.9 Å². The van der Waals surface area contributed by atoms with Crippen molar-refractivity contribution in [2.75, 3.05) is 32.7 Å². The molecule has 6 nitrogen and oxygen atoms in total. The van der Waals surface area contributed by atoms with Crippen LogP contribution in [-0.4, -0.2) is 43.9 Å². The van der Waals surface area contributed by atoms with E-state index in [2.05, 4.69) is 41.3 Å². The molecule has 3 aromatic rings. The molecule has 0 aliphatic rings. The van der Waals surface area contributed by atoms with Crippen molar-refractivity contribution in [1.82, 2.24) is 4.98 Å². The number of unbranched alkanes of at least 4 members (excludes halogenated alkanes) is 5. The second kappa shape index (κ2) is 17.3. The minimum atomic E-state index is -1.000. The molecule has 1 heterocycles. The van der Waals surface area contributed by atoms with Gasteiger partial charge in [-0.05, 0) is 72.9 Å². The number of benzene rings is 2. The zero-order valence-corrected chi connectivity index (χ0v) is 24.8. The van der Waals surface area contributed by atoms with Gasteiger partial charge in [0.05, 0.1) is 19.4 Å². The average molecular weight is 563 g/mol. The molecule has 214 valence electrons. The molecule has 0 amide bonds. The topological polar surface area (TPSA) is 71.9 Å². The summed E-state index contributed by atoms with van der Waals surface area (Å²) in [6.07, 6.45) is 10.6. The summed E-state index contributed by atoms with van der Waals surface area (Å²) in [5.41, 5.74) is 5.27. The van der Waals surface area contributed by atoms with E-state index < -0.39 is 5.97 Å². The molecule has 0 aliphatic carbocycles. The Kier molecular flexibility index (Phi) is 13.4. The zero-order valence-electron chi connectivity index (χ0n) is 24.0. The lowest BCUT2D eigenvalue weighted by Gasteiger charge is -2.13. The van der Waals surface area contributed by atoms with Crippen molar-refractivity contribution in [2.24, 2.45) is 0 Å². The minimum Gasteiger partial charge on any atom is -0.497 e. The highest BCUT2D eigenvalue weighted by Gasteiger charge is 2.07. The summed E-state index contributed by atoms with van der Waals surface area (Å²) in [5, 5.41) is 9.12. The van der Waals surface area contributed by atoms with Crippen LogP contribution < -0.4 is 14.4 Å². The Balaban J connectivity index is 1.39. The molecule has 40 heavy (non-hydrogen) atoms. The molecule has 0 spiro atoms. The summed E-state index contributed by atoms with van der Waals surface area (Å²) in [6.45, 7) is 0.595. The molecule has 7 heteroatoms. The fraction of sp³-hybridized carbons (Fsp3) is 0.394. The molecule has 1 N–H and O–H groups in total. The standard InChI is InChI=1S/C33H42N2O4S/c1-35(2)29-13-10-12-27(23-29)24-40-25-28-16-20-32(31(34-28)19-21-33(36)37)39-22-9-7-5-4-6-8-11-26-14-17-30(38-3)18-15-26/h10,12-21,23H,4-9,11,22,24-25H2,1-3H3,(H,36,37). The number of hydrogen-bond acceptors (Lipinski definition) is 6. The molecule has 0 aliphatic heterocycles. The van der Waals surface area contributed by atoms with Gasteiger partial charge in [0.2, 0.25) is 0 Å². The zero-order chi connectivity index (χ0) is 28.6. The molecule has 3 rings (SSSR count). The van der Waals surface area contributed by atoms with E-state index in [1.165, 1.54) is 48.6 Å². The molecule has 0 bridgehead atoms. The highest BCUT2D eigenvalue weighted by atomic mass is 32.2. The van der Waals surface area contributed by atoms with Gasteiger partial charge in [-0.2, -0.15) is 11.8 Å². The van der Waals surface area contributed by atoms with E-state index in [1.54, 1.807) is 18.9 Å². The quantitative estimate of drug-likeness (QED) is 0.126. The Morgan fingerprint density at radius 1 is 0.925 bits per heavy atom. The Morgan fingerprint density at radius 2 is 1.68 bits per heavy atom. The number of aryl methyl sites for hydroxylation is 1. The third-order valence-corrected chi connectivity index (χ3v) is 7.59. The molecule has 2 aromatic carbocycles. The number of methoxy groups -OCH3 is 1. The monoisotopic (exact) mass is 562 g/mol. The highest BCUT2D eigenvalue weighted by Crippen LogP contribution is 2.24. The first-order valence-corrected chi connectivity index (χ1v) is 15.1. The maximum absolute atomic E-state index is 11.1. The van der Waals surface area contributed by atoms with Crippen LogP contribution in [-0.2, 0) is 22.7 Å².